The number of nitrogens with zero attached hydrogens (tertiary/aromatic N) is 1. The van der Waals surface area contributed by atoms with Gasteiger partial charge in [-0.3, -0.25) is 14.4 Å². The van der Waals surface area contributed by atoms with E-state index >= 15 is 0 Å². The van der Waals surface area contributed by atoms with Gasteiger partial charge in [-0.15, -0.1) is 0 Å². The Labute approximate surface area is 184 Å². The van der Waals surface area contributed by atoms with E-state index in [1.807, 2.05) is 30.3 Å². The smallest absolute Gasteiger partial charge is 0.251 e. The van der Waals surface area contributed by atoms with Crippen molar-refractivity contribution >= 4 is 23.4 Å². The van der Waals surface area contributed by atoms with Gasteiger partial charge in [0.2, 0.25) is 11.8 Å². The topological polar surface area (TPSA) is 87.7 Å². The average Bonchev–Trinajstić information content (AvgIpc) is 2.80. The number of rotatable bonds is 8. The molecular weight excluding hydrogens is 413 g/mol. The number of benzene rings is 3. The molecule has 7 nitrogen and oxygen atoms in total. The standard InChI is InChI=1S/C24H22FN3O4/c1-28(16-22(29)27-19-11-9-18(25)10-12-19)23(30)15-26-24(31)17-7-13-21(14-8-17)32-20-5-3-2-4-6-20/h2-14H,15-16H2,1H3,(H,26,31)(H,27,29). The third-order valence-corrected chi connectivity index (χ3v) is 4.43. The zero-order chi connectivity index (χ0) is 22.9. The summed E-state index contributed by atoms with van der Waals surface area (Å²) in [4.78, 5) is 37.8. The van der Waals surface area contributed by atoms with Gasteiger partial charge < -0.3 is 20.3 Å². The summed E-state index contributed by atoms with van der Waals surface area (Å²) in [6.45, 7) is -0.473. The van der Waals surface area contributed by atoms with E-state index in [1.54, 1.807) is 24.3 Å². The van der Waals surface area contributed by atoms with Gasteiger partial charge in [-0.05, 0) is 60.7 Å². The normalized spacial score (nSPS) is 10.2. The van der Waals surface area contributed by atoms with Crippen LogP contribution >= 0.6 is 0 Å². The van der Waals surface area contributed by atoms with Crippen LogP contribution in [0.3, 0.4) is 0 Å². The minimum absolute atomic E-state index is 0.211. The van der Waals surface area contributed by atoms with Gasteiger partial charge in [0.25, 0.3) is 5.91 Å². The molecule has 0 unspecified atom stereocenters. The van der Waals surface area contributed by atoms with Crippen molar-refractivity contribution in [2.24, 2.45) is 0 Å². The summed E-state index contributed by atoms with van der Waals surface area (Å²) in [6.07, 6.45) is 0. The largest absolute Gasteiger partial charge is 0.457 e. The summed E-state index contributed by atoms with van der Waals surface area (Å²) in [5.74, 6) is -0.444. The van der Waals surface area contributed by atoms with Crippen molar-refractivity contribution in [1.82, 2.24) is 10.2 Å². The van der Waals surface area contributed by atoms with Gasteiger partial charge >= 0.3 is 0 Å². The minimum Gasteiger partial charge on any atom is -0.457 e. The van der Waals surface area contributed by atoms with Crippen LogP contribution in [-0.2, 0) is 9.59 Å². The number of hydrogen-bond donors (Lipinski definition) is 2. The van der Waals surface area contributed by atoms with Crippen molar-refractivity contribution in [2.45, 2.75) is 0 Å². The monoisotopic (exact) mass is 435 g/mol. The molecule has 0 aliphatic rings. The Morgan fingerprint density at radius 2 is 1.50 bits per heavy atom. The molecule has 0 bridgehead atoms. The first-order valence-corrected chi connectivity index (χ1v) is 9.81. The summed E-state index contributed by atoms with van der Waals surface area (Å²) in [7, 11) is 1.45. The zero-order valence-electron chi connectivity index (χ0n) is 17.4. The lowest BCUT2D eigenvalue weighted by Gasteiger charge is -2.17. The number of halogens is 1. The number of carbonyl (C=O) groups is 3. The maximum absolute atomic E-state index is 12.9. The first kappa shape index (κ1) is 22.5. The maximum atomic E-state index is 12.9. The first-order chi connectivity index (χ1) is 15.4. The molecule has 0 radical (unpaired) electrons. The van der Waals surface area contributed by atoms with Crippen molar-refractivity contribution in [2.75, 3.05) is 25.5 Å². The Kier molecular flexibility index (Phi) is 7.53. The molecule has 0 aromatic heterocycles. The molecule has 3 aromatic rings. The zero-order valence-corrected chi connectivity index (χ0v) is 17.4. The Morgan fingerprint density at radius 3 is 2.16 bits per heavy atom. The predicted octanol–water partition coefficient (Wildman–Crippen LogP) is 3.44. The predicted molar refractivity (Wildman–Crippen MR) is 118 cm³/mol. The van der Waals surface area contributed by atoms with Gasteiger partial charge in [0, 0.05) is 18.3 Å². The van der Waals surface area contributed by atoms with Crippen LogP contribution in [0.2, 0.25) is 0 Å². The highest BCUT2D eigenvalue weighted by molar-refractivity contribution is 5.98. The number of anilines is 1. The Hall–Kier alpha value is -4.20. The van der Waals surface area contributed by atoms with Gasteiger partial charge in [0.05, 0.1) is 13.1 Å². The molecule has 0 spiro atoms. The minimum atomic E-state index is -0.437. The van der Waals surface area contributed by atoms with E-state index in [9.17, 15) is 18.8 Å². The lowest BCUT2D eigenvalue weighted by atomic mass is 10.2. The molecular formula is C24H22FN3O4. The number of para-hydroxylation sites is 1. The number of hydrogen-bond acceptors (Lipinski definition) is 4. The number of amides is 3. The van der Waals surface area contributed by atoms with Gasteiger partial charge in [0.15, 0.2) is 0 Å². The van der Waals surface area contributed by atoms with Gasteiger partial charge in [-0.25, -0.2) is 4.39 Å². The Bertz CT molecular complexity index is 1070. The molecule has 0 atom stereocenters. The molecule has 2 N–H and O–H groups in total. The third-order valence-electron chi connectivity index (χ3n) is 4.43. The van der Waals surface area contributed by atoms with Gasteiger partial charge in [-0.2, -0.15) is 0 Å². The summed E-state index contributed by atoms with van der Waals surface area (Å²) < 4.78 is 18.6. The Balaban J connectivity index is 1.44. The van der Waals surface area contributed by atoms with Crippen LogP contribution in [0.1, 0.15) is 10.4 Å². The van der Waals surface area contributed by atoms with Crippen molar-refractivity contribution in [3.63, 3.8) is 0 Å². The SMILES string of the molecule is CN(CC(=O)Nc1ccc(F)cc1)C(=O)CNC(=O)c1ccc(Oc2ccccc2)cc1. The average molecular weight is 435 g/mol. The molecule has 0 aliphatic carbocycles. The van der Waals surface area contributed by atoms with Crippen molar-refractivity contribution in [3.05, 3.63) is 90.2 Å². The van der Waals surface area contributed by atoms with Crippen LogP contribution in [0.4, 0.5) is 10.1 Å². The molecule has 0 heterocycles. The van der Waals surface area contributed by atoms with Crippen molar-refractivity contribution in [1.29, 1.82) is 0 Å². The summed E-state index contributed by atoms with van der Waals surface area (Å²) >= 11 is 0. The van der Waals surface area contributed by atoms with Crippen LogP contribution in [0.5, 0.6) is 11.5 Å². The van der Waals surface area contributed by atoms with E-state index in [0.29, 0.717) is 22.7 Å². The van der Waals surface area contributed by atoms with Crippen molar-refractivity contribution in [3.8, 4) is 11.5 Å². The summed E-state index contributed by atoms with van der Waals surface area (Å²) in [5.41, 5.74) is 0.792. The maximum Gasteiger partial charge on any atom is 0.251 e. The van der Waals surface area contributed by atoms with Gasteiger partial charge in [0.1, 0.15) is 17.3 Å². The van der Waals surface area contributed by atoms with Crippen LogP contribution in [0.25, 0.3) is 0 Å². The van der Waals surface area contributed by atoms with Crippen LogP contribution in [0, 0.1) is 5.82 Å². The molecule has 0 saturated heterocycles. The van der Waals surface area contributed by atoms with E-state index in [-0.39, 0.29) is 13.1 Å². The van der Waals surface area contributed by atoms with Crippen molar-refractivity contribution < 1.29 is 23.5 Å². The molecule has 32 heavy (non-hydrogen) atoms. The molecule has 3 rings (SSSR count). The molecule has 3 amide bonds. The van der Waals surface area contributed by atoms with Crippen LogP contribution in [0.15, 0.2) is 78.9 Å². The van der Waals surface area contributed by atoms with E-state index in [4.69, 9.17) is 4.74 Å². The van der Waals surface area contributed by atoms with Crippen LogP contribution < -0.4 is 15.4 Å². The number of nitrogens with one attached hydrogen (secondary N) is 2. The van der Waals surface area contributed by atoms with E-state index in [0.717, 1.165) is 0 Å². The van der Waals surface area contributed by atoms with E-state index < -0.39 is 23.5 Å². The van der Waals surface area contributed by atoms with Gasteiger partial charge in [-0.1, -0.05) is 18.2 Å². The molecule has 164 valence electrons. The van der Waals surface area contributed by atoms with E-state index in [2.05, 4.69) is 10.6 Å². The number of likely N-dealkylation sites (N-methyl/N-ethyl adjacent to an activating group) is 1. The molecule has 0 aliphatic heterocycles. The lowest BCUT2D eigenvalue weighted by molar-refractivity contribution is -0.132. The number of ether oxygens (including phenoxy) is 1. The second-order valence-electron chi connectivity index (χ2n) is 6.93. The third kappa shape index (κ3) is 6.66. The molecule has 3 aromatic carbocycles. The second-order valence-corrected chi connectivity index (χ2v) is 6.93. The molecule has 0 fully saturated rings. The Morgan fingerprint density at radius 1 is 0.875 bits per heavy atom. The molecule has 8 heteroatoms. The first-order valence-electron chi connectivity index (χ1n) is 9.81. The fourth-order valence-corrected chi connectivity index (χ4v) is 2.73. The van der Waals surface area contributed by atoms with Crippen LogP contribution in [-0.4, -0.2) is 42.8 Å². The quantitative estimate of drug-likeness (QED) is 0.567. The fourth-order valence-electron chi connectivity index (χ4n) is 2.73. The number of carbonyl (C=O) groups excluding carboxylic acids is 3. The summed E-state index contributed by atoms with van der Waals surface area (Å²) in [5, 5.41) is 5.10. The highest BCUT2D eigenvalue weighted by Gasteiger charge is 2.15. The fraction of sp³-hybridized carbons (Fsp3) is 0.125. The molecule has 0 saturated carbocycles. The summed E-state index contributed by atoms with van der Waals surface area (Å²) in [6, 6.07) is 21.1. The lowest BCUT2D eigenvalue weighted by Crippen LogP contribution is -2.41. The second kappa shape index (κ2) is 10.7. The highest BCUT2D eigenvalue weighted by Crippen LogP contribution is 2.21. The highest BCUT2D eigenvalue weighted by atomic mass is 19.1. The van der Waals surface area contributed by atoms with E-state index in [1.165, 1.54) is 36.2 Å².